The molecule has 0 aliphatic carbocycles. The van der Waals surface area contributed by atoms with E-state index in [1.807, 2.05) is 24.3 Å². The molecule has 0 radical (unpaired) electrons. The lowest BCUT2D eigenvalue weighted by molar-refractivity contribution is 0.0643. The molecule has 0 saturated carbocycles. The Balaban J connectivity index is 1.32. The largest absolute Gasteiger partial charge is 0.497 e. The molecule has 0 unspecified atom stereocenters. The smallest absolute Gasteiger partial charge is 0.326 e. The zero-order chi connectivity index (χ0) is 20.9. The zero-order valence-electron chi connectivity index (χ0n) is 17.0. The molecule has 4 rings (SSSR count). The van der Waals surface area contributed by atoms with Gasteiger partial charge in [0.15, 0.2) is 5.13 Å². The standard InChI is InChI=1S/C21H26N4O4S/c1-28-17-4-2-16(3-5-17)14-24-8-9-25(21(24)27)20-23-13-18(30-20)19(26)22-12-15-6-10-29-11-7-15/h2-5,13,15H,6-12,14H2,1H3,(H,22,26). The van der Waals surface area contributed by atoms with Crippen LogP contribution >= 0.6 is 11.3 Å². The lowest BCUT2D eigenvalue weighted by atomic mass is 10.0. The van der Waals surface area contributed by atoms with E-state index in [0.29, 0.717) is 42.1 Å². The number of nitrogens with zero attached hydrogens (tertiary/aromatic N) is 3. The maximum absolute atomic E-state index is 12.8. The molecule has 2 saturated heterocycles. The molecule has 0 atom stereocenters. The minimum atomic E-state index is -0.132. The lowest BCUT2D eigenvalue weighted by Crippen LogP contribution is -2.32. The van der Waals surface area contributed by atoms with Gasteiger partial charge in [-0.3, -0.25) is 9.69 Å². The summed E-state index contributed by atoms with van der Waals surface area (Å²) in [6, 6.07) is 7.60. The van der Waals surface area contributed by atoms with Crippen molar-refractivity contribution in [3.8, 4) is 5.75 Å². The van der Waals surface area contributed by atoms with Crippen molar-refractivity contribution in [2.45, 2.75) is 19.4 Å². The first-order valence-electron chi connectivity index (χ1n) is 10.1. The van der Waals surface area contributed by atoms with Crippen molar-refractivity contribution >= 4 is 28.4 Å². The van der Waals surface area contributed by atoms with Crippen LogP contribution < -0.4 is 15.0 Å². The number of carbonyl (C=O) groups excluding carboxylic acids is 2. The summed E-state index contributed by atoms with van der Waals surface area (Å²) < 4.78 is 10.5. The van der Waals surface area contributed by atoms with Crippen molar-refractivity contribution in [2.75, 3.05) is 44.9 Å². The summed E-state index contributed by atoms with van der Waals surface area (Å²) in [5.74, 6) is 1.12. The van der Waals surface area contributed by atoms with Gasteiger partial charge in [0.1, 0.15) is 10.6 Å². The summed E-state index contributed by atoms with van der Waals surface area (Å²) in [5.41, 5.74) is 1.04. The van der Waals surface area contributed by atoms with Crippen LogP contribution in [0.1, 0.15) is 28.1 Å². The summed E-state index contributed by atoms with van der Waals surface area (Å²) in [6.07, 6.45) is 3.50. The number of nitrogens with one attached hydrogen (secondary N) is 1. The Kier molecular flexibility index (Phi) is 6.49. The number of carbonyl (C=O) groups is 2. The van der Waals surface area contributed by atoms with Crippen LogP contribution in [0, 0.1) is 5.92 Å². The van der Waals surface area contributed by atoms with Crippen LogP contribution in [0.25, 0.3) is 0 Å². The molecule has 1 aromatic carbocycles. The van der Waals surface area contributed by atoms with Crippen LogP contribution in [0.5, 0.6) is 5.75 Å². The maximum atomic E-state index is 12.8. The van der Waals surface area contributed by atoms with Gasteiger partial charge < -0.3 is 19.7 Å². The number of aromatic nitrogens is 1. The van der Waals surface area contributed by atoms with Gasteiger partial charge in [0.2, 0.25) is 0 Å². The quantitative estimate of drug-likeness (QED) is 0.730. The fourth-order valence-electron chi connectivity index (χ4n) is 3.63. The second kappa shape index (κ2) is 9.44. The molecule has 2 fully saturated rings. The normalized spacial score (nSPS) is 17.4. The molecule has 2 aromatic rings. The summed E-state index contributed by atoms with van der Waals surface area (Å²) in [5, 5.41) is 3.55. The molecule has 0 bridgehead atoms. The molecule has 1 N–H and O–H groups in total. The first kappa shape index (κ1) is 20.6. The summed E-state index contributed by atoms with van der Waals surface area (Å²) in [4.78, 5) is 33.6. The van der Waals surface area contributed by atoms with E-state index in [-0.39, 0.29) is 11.9 Å². The molecular weight excluding hydrogens is 404 g/mol. The van der Waals surface area contributed by atoms with Gasteiger partial charge in [0, 0.05) is 39.4 Å². The fourth-order valence-corrected chi connectivity index (χ4v) is 4.48. The molecule has 0 spiro atoms. The molecule has 1 aromatic heterocycles. The molecule has 2 aliphatic rings. The second-order valence-corrected chi connectivity index (χ2v) is 8.49. The fraction of sp³-hybridized carbons (Fsp3) is 0.476. The van der Waals surface area contributed by atoms with Crippen LogP contribution in [-0.4, -0.2) is 61.8 Å². The average Bonchev–Trinajstić information content (AvgIpc) is 3.41. The first-order chi connectivity index (χ1) is 14.6. The van der Waals surface area contributed by atoms with Crippen LogP contribution in [0.3, 0.4) is 0 Å². The van der Waals surface area contributed by atoms with Crippen LogP contribution in [-0.2, 0) is 11.3 Å². The van der Waals surface area contributed by atoms with Crippen molar-refractivity contribution < 1.29 is 19.1 Å². The second-order valence-electron chi connectivity index (χ2n) is 7.48. The molecule has 3 amide bonds. The molecule has 3 heterocycles. The first-order valence-corrected chi connectivity index (χ1v) is 11.0. The lowest BCUT2D eigenvalue weighted by Gasteiger charge is -2.21. The SMILES string of the molecule is COc1ccc(CN2CCN(c3ncc(C(=O)NCC4CCOCC4)s3)C2=O)cc1. The minimum Gasteiger partial charge on any atom is -0.497 e. The van der Waals surface area contributed by atoms with Crippen molar-refractivity contribution in [2.24, 2.45) is 5.92 Å². The van der Waals surface area contributed by atoms with Crippen LogP contribution in [0.15, 0.2) is 30.5 Å². The highest BCUT2D eigenvalue weighted by molar-refractivity contribution is 7.17. The Morgan fingerprint density at radius 2 is 2.03 bits per heavy atom. The van der Waals surface area contributed by atoms with E-state index in [1.165, 1.54) is 11.3 Å². The Morgan fingerprint density at radius 3 is 2.77 bits per heavy atom. The number of hydrogen-bond acceptors (Lipinski definition) is 6. The maximum Gasteiger partial charge on any atom is 0.326 e. The van der Waals surface area contributed by atoms with Gasteiger partial charge in [-0.2, -0.15) is 0 Å². The monoisotopic (exact) mass is 430 g/mol. The van der Waals surface area contributed by atoms with Gasteiger partial charge in [-0.25, -0.2) is 9.78 Å². The highest BCUT2D eigenvalue weighted by Crippen LogP contribution is 2.27. The summed E-state index contributed by atoms with van der Waals surface area (Å²) >= 11 is 1.26. The van der Waals surface area contributed by atoms with Crippen molar-refractivity contribution in [3.63, 3.8) is 0 Å². The van der Waals surface area contributed by atoms with Gasteiger partial charge in [0.25, 0.3) is 5.91 Å². The number of anilines is 1. The van der Waals surface area contributed by atoms with E-state index in [4.69, 9.17) is 9.47 Å². The number of rotatable bonds is 7. The molecule has 30 heavy (non-hydrogen) atoms. The van der Waals surface area contributed by atoms with Gasteiger partial charge in [-0.1, -0.05) is 23.5 Å². The van der Waals surface area contributed by atoms with E-state index in [2.05, 4.69) is 10.3 Å². The van der Waals surface area contributed by atoms with Crippen molar-refractivity contribution in [1.82, 2.24) is 15.2 Å². The number of methoxy groups -OCH3 is 1. The minimum absolute atomic E-state index is 0.0886. The molecule has 2 aliphatic heterocycles. The Labute approximate surface area is 179 Å². The Morgan fingerprint density at radius 1 is 1.27 bits per heavy atom. The Hall–Kier alpha value is -2.65. The third kappa shape index (κ3) is 4.73. The van der Waals surface area contributed by atoms with E-state index in [1.54, 1.807) is 23.1 Å². The number of ether oxygens (including phenoxy) is 2. The number of thiazole rings is 1. The van der Waals surface area contributed by atoms with E-state index < -0.39 is 0 Å². The Bertz CT molecular complexity index is 879. The molecule has 9 heteroatoms. The van der Waals surface area contributed by atoms with E-state index >= 15 is 0 Å². The third-order valence-electron chi connectivity index (χ3n) is 5.47. The van der Waals surface area contributed by atoms with Crippen molar-refractivity contribution in [3.05, 3.63) is 40.9 Å². The number of benzene rings is 1. The zero-order valence-corrected chi connectivity index (χ0v) is 17.8. The summed E-state index contributed by atoms with van der Waals surface area (Å²) in [7, 11) is 1.63. The van der Waals surface area contributed by atoms with E-state index in [9.17, 15) is 9.59 Å². The predicted molar refractivity (Wildman–Crippen MR) is 114 cm³/mol. The highest BCUT2D eigenvalue weighted by Gasteiger charge is 2.31. The van der Waals surface area contributed by atoms with Gasteiger partial charge in [-0.15, -0.1) is 0 Å². The van der Waals surface area contributed by atoms with E-state index in [0.717, 1.165) is 37.4 Å². The molecule has 160 valence electrons. The van der Waals surface area contributed by atoms with Gasteiger partial charge >= 0.3 is 6.03 Å². The van der Waals surface area contributed by atoms with Crippen molar-refractivity contribution in [1.29, 1.82) is 0 Å². The van der Waals surface area contributed by atoms with Crippen LogP contribution in [0.4, 0.5) is 9.93 Å². The average molecular weight is 431 g/mol. The number of amides is 3. The summed E-state index contributed by atoms with van der Waals surface area (Å²) in [6.45, 7) is 3.88. The number of hydrogen-bond donors (Lipinski definition) is 1. The molecular formula is C21H26N4O4S. The highest BCUT2D eigenvalue weighted by atomic mass is 32.1. The predicted octanol–water partition coefficient (Wildman–Crippen LogP) is 2.75. The third-order valence-corrected chi connectivity index (χ3v) is 6.49. The van der Waals surface area contributed by atoms with Crippen LogP contribution in [0.2, 0.25) is 0 Å². The van der Waals surface area contributed by atoms with Gasteiger partial charge in [0.05, 0.1) is 13.3 Å². The molecule has 8 nitrogen and oxygen atoms in total. The topological polar surface area (TPSA) is 84.0 Å². The number of urea groups is 1. The van der Waals surface area contributed by atoms with Gasteiger partial charge in [-0.05, 0) is 36.5 Å².